The van der Waals surface area contributed by atoms with Crippen molar-refractivity contribution in [3.63, 3.8) is 0 Å². The average Bonchev–Trinajstić information content (AvgIpc) is 2.43. The van der Waals surface area contributed by atoms with E-state index in [-0.39, 0.29) is 18.0 Å². The molecule has 0 saturated heterocycles. The standard InChI is InChI=1S/C17H23FO3/c1-16(2,17(3,4)15(20)21-5)14(19)10-9-12-7-6-8-13(18)11-12/h6-8,11H,9-10H2,1-5H3. The van der Waals surface area contributed by atoms with Gasteiger partial charge >= 0.3 is 5.97 Å². The van der Waals surface area contributed by atoms with E-state index in [1.807, 2.05) is 0 Å². The molecule has 0 aliphatic carbocycles. The van der Waals surface area contributed by atoms with Crippen molar-refractivity contribution in [1.29, 1.82) is 0 Å². The van der Waals surface area contributed by atoms with Crippen molar-refractivity contribution in [2.75, 3.05) is 7.11 Å². The highest BCUT2D eigenvalue weighted by Crippen LogP contribution is 2.41. The summed E-state index contributed by atoms with van der Waals surface area (Å²) in [5.74, 6) is -0.761. The Labute approximate surface area is 125 Å². The molecule has 0 N–H and O–H groups in total. The molecule has 0 aliphatic rings. The second-order valence-corrected chi connectivity index (χ2v) is 6.29. The van der Waals surface area contributed by atoms with Crippen LogP contribution in [0.1, 0.15) is 39.7 Å². The van der Waals surface area contributed by atoms with Gasteiger partial charge in [0.1, 0.15) is 11.6 Å². The van der Waals surface area contributed by atoms with Gasteiger partial charge in [-0.1, -0.05) is 26.0 Å². The van der Waals surface area contributed by atoms with Gasteiger partial charge in [-0.15, -0.1) is 0 Å². The van der Waals surface area contributed by atoms with Gasteiger partial charge in [0, 0.05) is 11.8 Å². The molecule has 1 rings (SSSR count). The van der Waals surface area contributed by atoms with Gasteiger partial charge in [0.05, 0.1) is 12.5 Å². The normalized spacial score (nSPS) is 12.1. The molecule has 0 spiro atoms. The summed E-state index contributed by atoms with van der Waals surface area (Å²) in [5, 5.41) is 0. The van der Waals surface area contributed by atoms with Gasteiger partial charge in [-0.3, -0.25) is 9.59 Å². The molecule has 0 aromatic heterocycles. The number of methoxy groups -OCH3 is 1. The fourth-order valence-corrected chi connectivity index (χ4v) is 2.12. The topological polar surface area (TPSA) is 43.4 Å². The first kappa shape index (κ1) is 17.3. The first-order valence-corrected chi connectivity index (χ1v) is 6.99. The van der Waals surface area contributed by atoms with Crippen LogP contribution in [0.15, 0.2) is 24.3 Å². The van der Waals surface area contributed by atoms with Crippen LogP contribution in [0.4, 0.5) is 4.39 Å². The van der Waals surface area contributed by atoms with Crippen LogP contribution < -0.4 is 0 Å². The second-order valence-electron chi connectivity index (χ2n) is 6.29. The lowest BCUT2D eigenvalue weighted by Crippen LogP contribution is -2.45. The fourth-order valence-electron chi connectivity index (χ4n) is 2.12. The number of carbonyl (C=O) groups excluding carboxylic acids is 2. The number of ketones is 1. The van der Waals surface area contributed by atoms with Crippen molar-refractivity contribution in [3.05, 3.63) is 35.6 Å². The molecule has 0 atom stereocenters. The van der Waals surface area contributed by atoms with Gasteiger partial charge in [0.15, 0.2) is 0 Å². The first-order chi connectivity index (χ1) is 9.62. The number of hydrogen-bond acceptors (Lipinski definition) is 3. The fraction of sp³-hybridized carbons (Fsp3) is 0.529. The highest BCUT2D eigenvalue weighted by molar-refractivity contribution is 5.91. The molecular weight excluding hydrogens is 271 g/mol. The molecule has 116 valence electrons. The van der Waals surface area contributed by atoms with Gasteiger partial charge in [0.25, 0.3) is 0 Å². The maximum absolute atomic E-state index is 13.1. The van der Waals surface area contributed by atoms with Crippen molar-refractivity contribution in [3.8, 4) is 0 Å². The van der Waals surface area contributed by atoms with Gasteiger partial charge in [-0.25, -0.2) is 4.39 Å². The van der Waals surface area contributed by atoms with Crippen LogP contribution >= 0.6 is 0 Å². The summed E-state index contributed by atoms with van der Waals surface area (Å²) < 4.78 is 17.9. The SMILES string of the molecule is COC(=O)C(C)(C)C(C)(C)C(=O)CCc1cccc(F)c1. The third-order valence-electron chi connectivity index (χ3n) is 4.49. The minimum absolute atomic E-state index is 0.0397. The lowest BCUT2D eigenvalue weighted by Gasteiger charge is -2.37. The van der Waals surface area contributed by atoms with Crippen LogP contribution in [0.25, 0.3) is 0 Å². The second kappa shape index (κ2) is 6.37. The molecule has 0 saturated carbocycles. The summed E-state index contributed by atoms with van der Waals surface area (Å²) in [6, 6.07) is 6.20. The minimum Gasteiger partial charge on any atom is -0.469 e. The third-order valence-corrected chi connectivity index (χ3v) is 4.49. The van der Waals surface area contributed by atoms with Crippen molar-refractivity contribution in [2.45, 2.75) is 40.5 Å². The summed E-state index contributed by atoms with van der Waals surface area (Å²) >= 11 is 0. The number of aryl methyl sites for hydroxylation is 1. The van der Waals surface area contributed by atoms with E-state index in [1.54, 1.807) is 39.8 Å². The summed E-state index contributed by atoms with van der Waals surface area (Å²) in [6.45, 7) is 6.91. The summed E-state index contributed by atoms with van der Waals surface area (Å²) in [7, 11) is 1.32. The Morgan fingerprint density at radius 1 is 1.14 bits per heavy atom. The Hall–Kier alpha value is -1.71. The molecule has 3 nitrogen and oxygen atoms in total. The molecule has 1 aromatic carbocycles. The first-order valence-electron chi connectivity index (χ1n) is 6.99. The molecule has 1 aromatic rings. The van der Waals surface area contributed by atoms with Crippen molar-refractivity contribution >= 4 is 11.8 Å². The Kier molecular flexibility index (Phi) is 5.26. The molecule has 4 heteroatoms. The number of carbonyl (C=O) groups is 2. The molecule has 0 radical (unpaired) electrons. The third kappa shape index (κ3) is 3.69. The van der Waals surface area contributed by atoms with Crippen LogP contribution in [-0.4, -0.2) is 18.9 Å². The minimum atomic E-state index is -0.916. The molecule has 0 amide bonds. The van der Waals surface area contributed by atoms with Crippen molar-refractivity contribution in [2.24, 2.45) is 10.8 Å². The molecule has 21 heavy (non-hydrogen) atoms. The monoisotopic (exact) mass is 294 g/mol. The van der Waals surface area contributed by atoms with E-state index < -0.39 is 16.8 Å². The lowest BCUT2D eigenvalue weighted by atomic mass is 9.64. The zero-order valence-electron chi connectivity index (χ0n) is 13.3. The van der Waals surface area contributed by atoms with Gasteiger partial charge in [-0.05, 0) is 38.0 Å². The number of benzene rings is 1. The van der Waals surface area contributed by atoms with E-state index in [0.29, 0.717) is 6.42 Å². The number of rotatable bonds is 6. The summed E-state index contributed by atoms with van der Waals surface area (Å²) in [5.41, 5.74) is -0.996. The summed E-state index contributed by atoms with van der Waals surface area (Å²) in [6.07, 6.45) is 0.716. The van der Waals surface area contributed by atoms with Crippen LogP contribution in [0.3, 0.4) is 0 Å². The number of ether oxygens (including phenoxy) is 1. The van der Waals surface area contributed by atoms with Crippen LogP contribution in [-0.2, 0) is 20.7 Å². The van der Waals surface area contributed by atoms with E-state index in [1.165, 1.54) is 19.2 Å². The van der Waals surface area contributed by atoms with E-state index in [2.05, 4.69) is 0 Å². The predicted octanol–water partition coefficient (Wildman–Crippen LogP) is 3.55. The summed E-state index contributed by atoms with van der Waals surface area (Å²) in [4.78, 5) is 24.4. The highest BCUT2D eigenvalue weighted by atomic mass is 19.1. The zero-order valence-corrected chi connectivity index (χ0v) is 13.3. The quantitative estimate of drug-likeness (QED) is 0.754. The Morgan fingerprint density at radius 2 is 1.76 bits per heavy atom. The maximum atomic E-state index is 13.1. The van der Waals surface area contributed by atoms with E-state index in [9.17, 15) is 14.0 Å². The molecule has 0 aliphatic heterocycles. The van der Waals surface area contributed by atoms with Crippen LogP contribution in [0, 0.1) is 16.6 Å². The van der Waals surface area contributed by atoms with Gasteiger partial charge in [-0.2, -0.15) is 0 Å². The van der Waals surface area contributed by atoms with Crippen LogP contribution in [0.5, 0.6) is 0 Å². The van der Waals surface area contributed by atoms with E-state index in [0.717, 1.165) is 5.56 Å². The van der Waals surface area contributed by atoms with E-state index >= 15 is 0 Å². The van der Waals surface area contributed by atoms with E-state index in [4.69, 9.17) is 4.74 Å². The van der Waals surface area contributed by atoms with Crippen molar-refractivity contribution < 1.29 is 18.7 Å². The molecular formula is C17H23FO3. The Balaban J connectivity index is 2.80. The Bertz CT molecular complexity index is 533. The highest BCUT2D eigenvalue weighted by Gasteiger charge is 2.48. The maximum Gasteiger partial charge on any atom is 0.312 e. The zero-order chi connectivity index (χ0) is 16.3. The molecule has 0 bridgehead atoms. The number of halogens is 1. The lowest BCUT2D eigenvalue weighted by molar-refractivity contribution is -0.162. The van der Waals surface area contributed by atoms with Gasteiger partial charge in [0.2, 0.25) is 0 Å². The predicted molar refractivity (Wildman–Crippen MR) is 79.3 cm³/mol. The molecule has 0 unspecified atom stereocenters. The largest absolute Gasteiger partial charge is 0.469 e. The number of hydrogen-bond donors (Lipinski definition) is 0. The smallest absolute Gasteiger partial charge is 0.312 e. The van der Waals surface area contributed by atoms with Crippen LogP contribution in [0.2, 0.25) is 0 Å². The average molecular weight is 294 g/mol. The van der Waals surface area contributed by atoms with Crippen molar-refractivity contribution in [1.82, 2.24) is 0 Å². The molecule has 0 heterocycles. The number of Topliss-reactive ketones (excluding diaryl/α,β-unsaturated/α-hetero) is 1. The number of esters is 1. The van der Waals surface area contributed by atoms with Gasteiger partial charge < -0.3 is 4.74 Å². The Morgan fingerprint density at radius 3 is 2.29 bits per heavy atom. The molecule has 0 fully saturated rings.